The molecule has 0 saturated carbocycles. The van der Waals surface area contributed by atoms with Gasteiger partial charge in [0.05, 0.1) is 12.1 Å². The predicted octanol–water partition coefficient (Wildman–Crippen LogP) is 0.233. The van der Waals surface area contributed by atoms with E-state index in [9.17, 15) is 14.7 Å². The second-order valence-corrected chi connectivity index (χ2v) is 5.70. The molecule has 1 aromatic heterocycles. The molecule has 122 valence electrons. The van der Waals surface area contributed by atoms with Crippen LogP contribution in [0.5, 0.6) is 5.75 Å². The first-order chi connectivity index (χ1) is 10.5. The van der Waals surface area contributed by atoms with E-state index in [1.807, 2.05) is 4.90 Å². The molecule has 22 heavy (non-hydrogen) atoms. The van der Waals surface area contributed by atoms with E-state index in [1.54, 1.807) is 4.57 Å². The van der Waals surface area contributed by atoms with Crippen LogP contribution in [0.15, 0.2) is 17.1 Å². The molecular weight excluding hydrogens is 288 g/mol. The summed E-state index contributed by atoms with van der Waals surface area (Å²) < 4.78 is 1.75. The van der Waals surface area contributed by atoms with E-state index in [1.165, 1.54) is 12.3 Å². The molecule has 1 fully saturated rings. The van der Waals surface area contributed by atoms with Crippen molar-refractivity contribution in [2.45, 2.75) is 32.4 Å². The number of aliphatic carboxylic acids is 1. The number of carboxylic acid groups (broad SMARTS) is 1. The minimum atomic E-state index is -0.784. The zero-order chi connectivity index (χ0) is 16.1. The molecule has 1 aromatic rings. The number of carbonyl (C=O) groups is 1. The maximum Gasteiger partial charge on any atom is 0.307 e. The summed E-state index contributed by atoms with van der Waals surface area (Å²) in [7, 11) is 0. The topological polar surface area (TPSA) is 103 Å². The lowest BCUT2D eigenvalue weighted by atomic mass is 9.98. The van der Waals surface area contributed by atoms with Crippen LogP contribution < -0.4 is 5.43 Å². The van der Waals surface area contributed by atoms with Crippen molar-refractivity contribution in [1.82, 2.24) is 9.47 Å². The third kappa shape index (κ3) is 4.08. The summed E-state index contributed by atoms with van der Waals surface area (Å²) in [5, 5.41) is 27.6. The van der Waals surface area contributed by atoms with Crippen LogP contribution in [0.3, 0.4) is 0 Å². The summed E-state index contributed by atoms with van der Waals surface area (Å²) in [5.74, 6) is -1.47. The Balaban J connectivity index is 2.15. The van der Waals surface area contributed by atoms with Crippen molar-refractivity contribution in [3.8, 4) is 5.75 Å². The van der Waals surface area contributed by atoms with Gasteiger partial charge in [-0.2, -0.15) is 0 Å². The van der Waals surface area contributed by atoms with Gasteiger partial charge in [-0.25, -0.2) is 0 Å². The SMILES string of the molecule is O=C(O)C1CCCN(Cc2cc(=O)c(O)cn2CCCO)C1. The minimum Gasteiger partial charge on any atom is -0.503 e. The van der Waals surface area contributed by atoms with Gasteiger partial charge in [0.25, 0.3) is 0 Å². The Morgan fingerprint density at radius 1 is 1.41 bits per heavy atom. The smallest absolute Gasteiger partial charge is 0.307 e. The van der Waals surface area contributed by atoms with E-state index in [0.29, 0.717) is 32.5 Å². The van der Waals surface area contributed by atoms with E-state index < -0.39 is 11.4 Å². The van der Waals surface area contributed by atoms with Crippen LogP contribution in [0.2, 0.25) is 0 Å². The van der Waals surface area contributed by atoms with E-state index >= 15 is 0 Å². The summed E-state index contributed by atoms with van der Waals surface area (Å²) in [6, 6.07) is 1.39. The number of aromatic hydroxyl groups is 1. The molecule has 0 spiro atoms. The summed E-state index contributed by atoms with van der Waals surface area (Å²) in [4.78, 5) is 24.8. The van der Waals surface area contributed by atoms with Crippen molar-refractivity contribution in [3.63, 3.8) is 0 Å². The van der Waals surface area contributed by atoms with Crippen molar-refractivity contribution in [3.05, 3.63) is 28.2 Å². The molecule has 1 saturated heterocycles. The first-order valence-corrected chi connectivity index (χ1v) is 7.49. The zero-order valence-corrected chi connectivity index (χ0v) is 12.4. The van der Waals surface area contributed by atoms with E-state index in [4.69, 9.17) is 10.2 Å². The molecule has 2 heterocycles. The molecule has 0 bridgehead atoms. The lowest BCUT2D eigenvalue weighted by molar-refractivity contribution is -0.143. The van der Waals surface area contributed by atoms with Crippen LogP contribution in [0.25, 0.3) is 0 Å². The number of pyridine rings is 1. The summed E-state index contributed by atoms with van der Waals surface area (Å²) in [6.45, 7) is 2.24. The average Bonchev–Trinajstić information content (AvgIpc) is 2.49. The third-order valence-electron chi connectivity index (χ3n) is 3.99. The molecule has 0 amide bonds. The molecule has 2 rings (SSSR count). The number of hydrogen-bond acceptors (Lipinski definition) is 5. The number of nitrogens with zero attached hydrogens (tertiary/aromatic N) is 2. The van der Waals surface area contributed by atoms with Gasteiger partial charge in [-0.3, -0.25) is 14.5 Å². The Morgan fingerprint density at radius 3 is 2.86 bits per heavy atom. The monoisotopic (exact) mass is 310 g/mol. The van der Waals surface area contributed by atoms with Crippen molar-refractivity contribution in [2.75, 3.05) is 19.7 Å². The number of aliphatic hydroxyl groups excluding tert-OH is 1. The van der Waals surface area contributed by atoms with Gasteiger partial charge < -0.3 is 19.9 Å². The van der Waals surface area contributed by atoms with Gasteiger partial charge in [0.1, 0.15) is 0 Å². The molecule has 1 aliphatic heterocycles. The van der Waals surface area contributed by atoms with Gasteiger partial charge in [0.2, 0.25) is 5.43 Å². The van der Waals surface area contributed by atoms with Gasteiger partial charge in [0, 0.05) is 38.0 Å². The maximum atomic E-state index is 11.7. The molecule has 1 atom stereocenters. The lowest BCUT2D eigenvalue weighted by Crippen LogP contribution is -2.39. The zero-order valence-electron chi connectivity index (χ0n) is 12.4. The van der Waals surface area contributed by atoms with Gasteiger partial charge >= 0.3 is 5.97 Å². The van der Waals surface area contributed by atoms with E-state index in [2.05, 4.69) is 0 Å². The highest BCUT2D eigenvalue weighted by atomic mass is 16.4. The highest BCUT2D eigenvalue weighted by molar-refractivity contribution is 5.70. The second kappa shape index (κ2) is 7.42. The van der Waals surface area contributed by atoms with E-state index in [0.717, 1.165) is 18.7 Å². The Morgan fingerprint density at radius 2 is 2.18 bits per heavy atom. The van der Waals surface area contributed by atoms with Crippen molar-refractivity contribution in [1.29, 1.82) is 0 Å². The Labute approximate surface area is 128 Å². The fourth-order valence-electron chi connectivity index (χ4n) is 2.82. The number of likely N-dealkylation sites (tertiary alicyclic amines) is 1. The normalized spacial score (nSPS) is 19.2. The maximum absolute atomic E-state index is 11.7. The standard InChI is InChI=1S/C15H22N2O5/c18-6-2-5-17-10-14(20)13(19)7-12(17)9-16-4-1-3-11(8-16)15(21)22/h7,10-11,18,20H,1-6,8-9H2,(H,21,22). The predicted molar refractivity (Wildman–Crippen MR) is 79.7 cm³/mol. The largest absolute Gasteiger partial charge is 0.503 e. The first-order valence-electron chi connectivity index (χ1n) is 7.49. The van der Waals surface area contributed by atoms with Crippen molar-refractivity contribution in [2.24, 2.45) is 5.92 Å². The lowest BCUT2D eigenvalue weighted by Gasteiger charge is -2.31. The van der Waals surface area contributed by atoms with Crippen molar-refractivity contribution < 1.29 is 20.1 Å². The van der Waals surface area contributed by atoms with Crippen LogP contribution >= 0.6 is 0 Å². The fourth-order valence-corrected chi connectivity index (χ4v) is 2.82. The van der Waals surface area contributed by atoms with Crippen LogP contribution in [0.1, 0.15) is 25.0 Å². The van der Waals surface area contributed by atoms with Crippen molar-refractivity contribution >= 4 is 5.97 Å². The third-order valence-corrected chi connectivity index (χ3v) is 3.99. The molecule has 0 aromatic carbocycles. The Bertz CT molecular complexity index is 584. The van der Waals surface area contributed by atoms with Crippen LogP contribution in [-0.4, -0.2) is 50.5 Å². The highest BCUT2D eigenvalue weighted by Crippen LogP contribution is 2.19. The summed E-state index contributed by atoms with van der Waals surface area (Å²) >= 11 is 0. The highest BCUT2D eigenvalue weighted by Gasteiger charge is 2.25. The van der Waals surface area contributed by atoms with E-state index in [-0.39, 0.29) is 18.3 Å². The molecule has 1 unspecified atom stereocenters. The number of piperidine rings is 1. The molecule has 0 aliphatic carbocycles. The molecular formula is C15H22N2O5. The first kappa shape index (κ1) is 16.5. The molecule has 1 aliphatic rings. The van der Waals surface area contributed by atoms with Gasteiger partial charge in [-0.1, -0.05) is 0 Å². The van der Waals surface area contributed by atoms with Crippen LogP contribution in [0.4, 0.5) is 0 Å². The fraction of sp³-hybridized carbons (Fsp3) is 0.600. The van der Waals surface area contributed by atoms with Crippen LogP contribution in [-0.2, 0) is 17.9 Å². The molecule has 0 radical (unpaired) electrons. The second-order valence-electron chi connectivity index (χ2n) is 5.70. The van der Waals surface area contributed by atoms with Gasteiger partial charge in [-0.15, -0.1) is 0 Å². The number of aromatic nitrogens is 1. The average molecular weight is 310 g/mol. The number of carboxylic acids is 1. The molecule has 3 N–H and O–H groups in total. The number of aryl methyl sites for hydroxylation is 1. The Kier molecular flexibility index (Phi) is 5.57. The number of rotatable bonds is 6. The summed E-state index contributed by atoms with van der Waals surface area (Å²) in [6.07, 6.45) is 3.40. The summed E-state index contributed by atoms with van der Waals surface area (Å²) in [5.41, 5.74) is 0.282. The number of hydrogen-bond donors (Lipinski definition) is 3. The minimum absolute atomic E-state index is 0.0249. The number of aliphatic hydroxyl groups is 1. The van der Waals surface area contributed by atoms with Crippen LogP contribution in [0, 0.1) is 5.92 Å². The van der Waals surface area contributed by atoms with Gasteiger partial charge in [0.15, 0.2) is 5.75 Å². The van der Waals surface area contributed by atoms with Gasteiger partial charge in [-0.05, 0) is 25.8 Å². The quantitative estimate of drug-likeness (QED) is 0.695. The molecule has 7 nitrogen and oxygen atoms in total. The Hall–Kier alpha value is -1.86. The molecule has 7 heteroatoms.